The van der Waals surface area contributed by atoms with Crippen LogP contribution in [0.5, 0.6) is 0 Å². The molecule has 0 aromatic heterocycles. The van der Waals surface area contributed by atoms with Crippen molar-refractivity contribution in [1.29, 1.82) is 0 Å². The van der Waals surface area contributed by atoms with Gasteiger partial charge in [0, 0.05) is 39.3 Å². The van der Waals surface area contributed by atoms with E-state index in [2.05, 4.69) is 20.5 Å². The Labute approximate surface area is 193 Å². The van der Waals surface area contributed by atoms with Gasteiger partial charge >= 0.3 is 6.09 Å². The third-order valence-corrected chi connectivity index (χ3v) is 5.57. The SMILES string of the molecule is CCNC(=NCCCN(CC)S(C)(=O)=O)N1CCC(NC(=O)OC(C)(C)C)C1.I. The molecule has 1 atom stereocenters. The first-order valence-electron chi connectivity index (χ1n) is 9.94. The summed E-state index contributed by atoms with van der Waals surface area (Å²) in [5.41, 5.74) is -0.517. The molecule has 0 aromatic carbocycles. The number of carbonyl (C=O) groups excluding carboxylic acids is 1. The van der Waals surface area contributed by atoms with Crippen LogP contribution in [0.1, 0.15) is 47.5 Å². The minimum absolute atomic E-state index is 0. The van der Waals surface area contributed by atoms with Crippen LogP contribution in [-0.2, 0) is 14.8 Å². The van der Waals surface area contributed by atoms with Gasteiger partial charge in [-0.1, -0.05) is 6.92 Å². The van der Waals surface area contributed by atoms with Crippen LogP contribution in [0.2, 0.25) is 0 Å². The summed E-state index contributed by atoms with van der Waals surface area (Å²) in [6.07, 6.45) is 2.30. The maximum Gasteiger partial charge on any atom is 0.407 e. The molecule has 1 rings (SSSR count). The van der Waals surface area contributed by atoms with Crippen molar-refractivity contribution in [2.75, 3.05) is 45.5 Å². The fourth-order valence-electron chi connectivity index (χ4n) is 2.96. The highest BCUT2D eigenvalue weighted by Gasteiger charge is 2.27. The summed E-state index contributed by atoms with van der Waals surface area (Å²) in [4.78, 5) is 18.7. The number of rotatable bonds is 8. The van der Waals surface area contributed by atoms with E-state index >= 15 is 0 Å². The van der Waals surface area contributed by atoms with E-state index in [4.69, 9.17) is 4.74 Å². The summed E-state index contributed by atoms with van der Waals surface area (Å²) in [5.74, 6) is 0.790. The first kappa shape index (κ1) is 28.2. The zero-order valence-electron chi connectivity index (χ0n) is 18.5. The Hall–Kier alpha value is -0.820. The molecule has 172 valence electrons. The number of ether oxygens (including phenoxy) is 1. The van der Waals surface area contributed by atoms with Gasteiger partial charge in [0.15, 0.2) is 5.96 Å². The predicted octanol–water partition coefficient (Wildman–Crippen LogP) is 1.84. The van der Waals surface area contributed by atoms with Gasteiger partial charge in [-0.2, -0.15) is 0 Å². The number of sulfonamides is 1. The van der Waals surface area contributed by atoms with E-state index in [1.54, 1.807) is 0 Å². The molecule has 1 amide bonds. The van der Waals surface area contributed by atoms with E-state index in [0.29, 0.717) is 32.6 Å². The minimum Gasteiger partial charge on any atom is -0.444 e. The number of hydrogen-bond acceptors (Lipinski definition) is 5. The summed E-state index contributed by atoms with van der Waals surface area (Å²) < 4.78 is 30.0. The van der Waals surface area contributed by atoms with Crippen molar-refractivity contribution in [2.24, 2.45) is 4.99 Å². The highest BCUT2D eigenvalue weighted by molar-refractivity contribution is 14.0. The topological polar surface area (TPSA) is 103 Å². The molecule has 0 radical (unpaired) electrons. The van der Waals surface area contributed by atoms with Crippen LogP contribution in [-0.4, -0.2) is 86.8 Å². The maximum atomic E-state index is 11.9. The second kappa shape index (κ2) is 12.8. The van der Waals surface area contributed by atoms with Crippen molar-refractivity contribution in [2.45, 2.75) is 59.1 Å². The molecule has 1 fully saturated rings. The summed E-state index contributed by atoms with van der Waals surface area (Å²) >= 11 is 0. The van der Waals surface area contributed by atoms with Gasteiger partial charge in [-0.05, 0) is 40.5 Å². The highest BCUT2D eigenvalue weighted by atomic mass is 127. The lowest BCUT2D eigenvalue weighted by molar-refractivity contribution is 0.0507. The van der Waals surface area contributed by atoms with E-state index < -0.39 is 21.7 Å². The average molecular weight is 548 g/mol. The predicted molar refractivity (Wildman–Crippen MR) is 127 cm³/mol. The molecule has 29 heavy (non-hydrogen) atoms. The fraction of sp³-hybridized carbons (Fsp3) is 0.889. The van der Waals surface area contributed by atoms with Crippen molar-refractivity contribution in [3.63, 3.8) is 0 Å². The zero-order valence-corrected chi connectivity index (χ0v) is 21.7. The molecule has 0 aromatic rings. The van der Waals surface area contributed by atoms with E-state index in [9.17, 15) is 13.2 Å². The first-order valence-corrected chi connectivity index (χ1v) is 11.8. The Morgan fingerprint density at radius 3 is 2.48 bits per heavy atom. The van der Waals surface area contributed by atoms with Gasteiger partial charge in [0.05, 0.1) is 12.3 Å². The molecule has 0 aliphatic carbocycles. The molecule has 0 spiro atoms. The molecule has 2 N–H and O–H groups in total. The van der Waals surface area contributed by atoms with Gasteiger partial charge < -0.3 is 20.3 Å². The summed E-state index contributed by atoms with van der Waals surface area (Å²) in [6.45, 7) is 13.0. The molecular weight excluding hydrogens is 509 g/mol. The van der Waals surface area contributed by atoms with Crippen LogP contribution in [0.15, 0.2) is 4.99 Å². The van der Waals surface area contributed by atoms with Crippen LogP contribution < -0.4 is 10.6 Å². The number of guanidine groups is 1. The zero-order chi connectivity index (χ0) is 21.4. The van der Waals surface area contributed by atoms with Crippen LogP contribution in [0, 0.1) is 0 Å². The van der Waals surface area contributed by atoms with E-state index in [1.165, 1.54) is 10.6 Å². The number of amides is 1. The average Bonchev–Trinajstić information content (AvgIpc) is 2.98. The van der Waals surface area contributed by atoms with Crippen LogP contribution >= 0.6 is 24.0 Å². The number of carbonyl (C=O) groups is 1. The molecule has 9 nitrogen and oxygen atoms in total. The van der Waals surface area contributed by atoms with Crippen molar-refractivity contribution in [3.8, 4) is 0 Å². The van der Waals surface area contributed by atoms with Gasteiger partial charge in [-0.15, -0.1) is 24.0 Å². The minimum atomic E-state index is -3.17. The maximum absolute atomic E-state index is 11.9. The van der Waals surface area contributed by atoms with Crippen LogP contribution in [0.25, 0.3) is 0 Å². The van der Waals surface area contributed by atoms with Crippen molar-refractivity contribution < 1.29 is 17.9 Å². The van der Waals surface area contributed by atoms with Crippen molar-refractivity contribution in [1.82, 2.24) is 19.8 Å². The standard InChI is InChI=1S/C18H37N5O4S.HI/c1-7-19-16(20-11-9-12-23(8-2)28(6,25)26)22-13-10-15(14-22)21-17(24)27-18(3,4)5;/h15H,7-14H2,1-6H3,(H,19,20)(H,21,24);1H. The lowest BCUT2D eigenvalue weighted by Crippen LogP contribution is -2.44. The quantitative estimate of drug-likeness (QED) is 0.208. The Balaban J connectivity index is 0.00000784. The van der Waals surface area contributed by atoms with Gasteiger partial charge in [0.25, 0.3) is 0 Å². The number of aliphatic imine (C=N–C) groups is 1. The van der Waals surface area contributed by atoms with Gasteiger partial charge in [-0.3, -0.25) is 4.99 Å². The molecule has 1 saturated heterocycles. The van der Waals surface area contributed by atoms with Gasteiger partial charge in [-0.25, -0.2) is 17.5 Å². The third-order valence-electron chi connectivity index (χ3n) is 4.19. The normalized spacial score (nSPS) is 17.8. The van der Waals surface area contributed by atoms with E-state index in [0.717, 1.165) is 25.5 Å². The molecule has 1 heterocycles. The molecule has 1 aliphatic heterocycles. The summed E-state index contributed by atoms with van der Waals surface area (Å²) in [7, 11) is -3.17. The smallest absolute Gasteiger partial charge is 0.407 e. The largest absolute Gasteiger partial charge is 0.444 e. The molecule has 11 heteroatoms. The number of likely N-dealkylation sites (tertiary alicyclic amines) is 1. The summed E-state index contributed by atoms with van der Waals surface area (Å²) in [6, 6.07) is 0.0134. The number of halogens is 1. The molecule has 0 bridgehead atoms. The Bertz CT molecular complexity index is 637. The van der Waals surface area contributed by atoms with E-state index in [-0.39, 0.29) is 30.0 Å². The number of nitrogens with zero attached hydrogens (tertiary/aromatic N) is 3. The second-order valence-electron chi connectivity index (χ2n) is 7.92. The van der Waals surface area contributed by atoms with Crippen LogP contribution in [0.4, 0.5) is 4.79 Å². The Kier molecular flexibility index (Phi) is 12.4. The van der Waals surface area contributed by atoms with E-state index in [1.807, 2.05) is 34.6 Å². The lowest BCUT2D eigenvalue weighted by Gasteiger charge is -2.23. The molecular formula is C18H38IN5O4S. The number of hydrogen-bond donors (Lipinski definition) is 2. The lowest BCUT2D eigenvalue weighted by atomic mass is 10.2. The monoisotopic (exact) mass is 547 g/mol. The van der Waals surface area contributed by atoms with Gasteiger partial charge in [0.1, 0.15) is 5.60 Å². The van der Waals surface area contributed by atoms with Gasteiger partial charge in [0.2, 0.25) is 10.0 Å². The first-order chi connectivity index (χ1) is 13.0. The molecule has 1 unspecified atom stereocenters. The van der Waals surface area contributed by atoms with Crippen molar-refractivity contribution >= 4 is 46.1 Å². The third kappa shape index (κ3) is 11.2. The van der Waals surface area contributed by atoms with Crippen LogP contribution in [0.3, 0.4) is 0 Å². The fourth-order valence-corrected chi connectivity index (χ4v) is 3.89. The van der Waals surface area contributed by atoms with Crippen molar-refractivity contribution in [3.05, 3.63) is 0 Å². The molecule has 1 aliphatic rings. The summed E-state index contributed by atoms with van der Waals surface area (Å²) in [5, 5.41) is 6.18. The number of alkyl carbamates (subject to hydrolysis) is 1. The number of nitrogens with one attached hydrogen (secondary N) is 2. The Morgan fingerprint density at radius 2 is 1.97 bits per heavy atom. The highest BCUT2D eigenvalue weighted by Crippen LogP contribution is 2.12. The Morgan fingerprint density at radius 1 is 1.31 bits per heavy atom. The second-order valence-corrected chi connectivity index (χ2v) is 9.90. The molecule has 0 saturated carbocycles.